The maximum Gasteiger partial charge on any atom is 0.160 e. The zero-order valence-corrected chi connectivity index (χ0v) is 12.5. The molecule has 0 aliphatic carbocycles. The van der Waals surface area contributed by atoms with Gasteiger partial charge in [-0.15, -0.1) is 12.4 Å². The van der Waals surface area contributed by atoms with Gasteiger partial charge >= 0.3 is 0 Å². The monoisotopic (exact) mass is 286 g/mol. The van der Waals surface area contributed by atoms with Crippen molar-refractivity contribution in [2.75, 3.05) is 20.2 Å². The van der Waals surface area contributed by atoms with Crippen molar-refractivity contribution in [2.45, 2.75) is 32.5 Å². The summed E-state index contributed by atoms with van der Waals surface area (Å²) in [5, 5.41) is 13.3. The molecular formula is C14H23ClN2O2. The Kier molecular flexibility index (Phi) is 5.91. The van der Waals surface area contributed by atoms with Crippen LogP contribution < -0.4 is 10.1 Å². The summed E-state index contributed by atoms with van der Waals surface area (Å²) in [5.74, 6) is 0.743. The summed E-state index contributed by atoms with van der Waals surface area (Å²) in [6, 6.07) is 6.65. The molecule has 1 fully saturated rings. The normalized spacial score (nSPS) is 23.7. The van der Waals surface area contributed by atoms with Crippen molar-refractivity contribution in [3.63, 3.8) is 0 Å². The molecule has 1 heterocycles. The van der Waals surface area contributed by atoms with Crippen LogP contribution in [0.4, 0.5) is 0 Å². The number of aromatic hydroxyl groups is 1. The average molecular weight is 287 g/mol. The van der Waals surface area contributed by atoms with Crippen molar-refractivity contribution in [3.05, 3.63) is 23.8 Å². The third-order valence-corrected chi connectivity index (χ3v) is 3.28. The molecule has 1 aromatic rings. The van der Waals surface area contributed by atoms with E-state index in [1.165, 1.54) is 0 Å². The molecular weight excluding hydrogens is 264 g/mol. The van der Waals surface area contributed by atoms with E-state index in [2.05, 4.69) is 24.1 Å². The zero-order valence-electron chi connectivity index (χ0n) is 11.7. The van der Waals surface area contributed by atoms with E-state index in [0.29, 0.717) is 17.8 Å². The van der Waals surface area contributed by atoms with Crippen LogP contribution in [0.15, 0.2) is 18.2 Å². The largest absolute Gasteiger partial charge is 0.504 e. The molecule has 0 spiro atoms. The third-order valence-electron chi connectivity index (χ3n) is 3.28. The summed E-state index contributed by atoms with van der Waals surface area (Å²) in [7, 11) is 1.56. The van der Waals surface area contributed by atoms with Gasteiger partial charge in [-0.3, -0.25) is 4.90 Å². The number of hydrogen-bond donors (Lipinski definition) is 2. The minimum atomic E-state index is 0. The van der Waals surface area contributed by atoms with E-state index in [1.807, 2.05) is 12.1 Å². The molecule has 2 unspecified atom stereocenters. The van der Waals surface area contributed by atoms with Crippen LogP contribution in [0.1, 0.15) is 19.4 Å². The number of phenols is 1. The first-order chi connectivity index (χ1) is 8.58. The highest BCUT2D eigenvalue weighted by molar-refractivity contribution is 5.85. The van der Waals surface area contributed by atoms with Crippen molar-refractivity contribution in [3.8, 4) is 11.5 Å². The van der Waals surface area contributed by atoms with Crippen molar-refractivity contribution < 1.29 is 9.84 Å². The summed E-state index contributed by atoms with van der Waals surface area (Å²) < 4.78 is 5.05. The van der Waals surface area contributed by atoms with Gasteiger partial charge in [-0.05, 0) is 31.5 Å². The first-order valence-electron chi connectivity index (χ1n) is 6.42. The molecule has 1 saturated heterocycles. The molecule has 5 heteroatoms. The van der Waals surface area contributed by atoms with Crippen LogP contribution in [0.2, 0.25) is 0 Å². The number of methoxy groups -OCH3 is 1. The summed E-state index contributed by atoms with van der Waals surface area (Å²) in [5.41, 5.74) is 1.12. The summed E-state index contributed by atoms with van der Waals surface area (Å²) in [6.45, 7) is 7.35. The van der Waals surface area contributed by atoms with E-state index in [-0.39, 0.29) is 18.2 Å². The molecule has 0 amide bonds. The molecule has 2 atom stereocenters. The van der Waals surface area contributed by atoms with Gasteiger partial charge in [0.15, 0.2) is 11.5 Å². The molecule has 1 aliphatic rings. The van der Waals surface area contributed by atoms with Crippen LogP contribution in [-0.4, -0.2) is 42.3 Å². The highest BCUT2D eigenvalue weighted by atomic mass is 35.5. The van der Waals surface area contributed by atoms with Gasteiger partial charge in [-0.25, -0.2) is 0 Å². The Bertz CT molecular complexity index is 404. The molecule has 19 heavy (non-hydrogen) atoms. The van der Waals surface area contributed by atoms with Gasteiger partial charge in [-0.2, -0.15) is 0 Å². The Morgan fingerprint density at radius 1 is 1.32 bits per heavy atom. The van der Waals surface area contributed by atoms with Crippen LogP contribution >= 0.6 is 12.4 Å². The molecule has 0 bridgehead atoms. The lowest BCUT2D eigenvalue weighted by Crippen LogP contribution is -2.53. The Morgan fingerprint density at radius 2 is 1.95 bits per heavy atom. The fourth-order valence-electron chi connectivity index (χ4n) is 2.66. The smallest absolute Gasteiger partial charge is 0.160 e. The van der Waals surface area contributed by atoms with Crippen LogP contribution in [-0.2, 0) is 6.54 Å². The lowest BCUT2D eigenvalue weighted by atomic mass is 10.1. The number of benzene rings is 1. The lowest BCUT2D eigenvalue weighted by Gasteiger charge is -2.36. The first-order valence-corrected chi connectivity index (χ1v) is 6.42. The molecule has 0 radical (unpaired) electrons. The highest BCUT2D eigenvalue weighted by Crippen LogP contribution is 2.26. The van der Waals surface area contributed by atoms with Gasteiger partial charge in [-0.1, -0.05) is 6.07 Å². The maximum atomic E-state index is 9.77. The molecule has 108 valence electrons. The lowest BCUT2D eigenvalue weighted by molar-refractivity contribution is 0.166. The van der Waals surface area contributed by atoms with Crippen LogP contribution in [0.25, 0.3) is 0 Å². The molecule has 1 aromatic carbocycles. The molecule has 2 N–H and O–H groups in total. The number of phenolic OH excluding ortho intramolecular Hbond substituents is 1. The van der Waals surface area contributed by atoms with Gasteiger partial charge in [0.1, 0.15) is 0 Å². The van der Waals surface area contributed by atoms with E-state index in [1.54, 1.807) is 13.2 Å². The van der Waals surface area contributed by atoms with Crippen molar-refractivity contribution in [1.82, 2.24) is 10.2 Å². The number of rotatable bonds is 3. The second kappa shape index (κ2) is 6.98. The van der Waals surface area contributed by atoms with E-state index < -0.39 is 0 Å². The quantitative estimate of drug-likeness (QED) is 0.892. The third kappa shape index (κ3) is 4.27. The molecule has 4 nitrogen and oxygen atoms in total. The van der Waals surface area contributed by atoms with Gasteiger partial charge in [0.05, 0.1) is 7.11 Å². The SMILES string of the molecule is COc1ccc(CN2CC(C)NC(C)C2)cc1O.Cl. The average Bonchev–Trinajstić information content (AvgIpc) is 2.27. The first kappa shape index (κ1) is 16.1. The Balaban J connectivity index is 0.00000180. The van der Waals surface area contributed by atoms with Crippen molar-refractivity contribution in [1.29, 1.82) is 0 Å². The fraction of sp³-hybridized carbons (Fsp3) is 0.571. The minimum absolute atomic E-state index is 0. The van der Waals surface area contributed by atoms with Gasteiger partial charge in [0.2, 0.25) is 0 Å². The topological polar surface area (TPSA) is 44.7 Å². The van der Waals surface area contributed by atoms with Gasteiger partial charge in [0, 0.05) is 31.7 Å². The van der Waals surface area contributed by atoms with Crippen molar-refractivity contribution >= 4 is 12.4 Å². The predicted octanol–water partition coefficient (Wildman–Crippen LogP) is 2.00. The van der Waals surface area contributed by atoms with Gasteiger partial charge in [0.25, 0.3) is 0 Å². The molecule has 0 saturated carbocycles. The van der Waals surface area contributed by atoms with Crippen LogP contribution in [0.5, 0.6) is 11.5 Å². The molecule has 0 aromatic heterocycles. The Labute approximate surface area is 121 Å². The second-order valence-corrected chi connectivity index (χ2v) is 5.17. The standard InChI is InChI=1S/C14H22N2O2.ClH/c1-10-7-16(8-11(2)15-10)9-12-4-5-14(18-3)13(17)6-12;/h4-6,10-11,15,17H,7-9H2,1-3H3;1H. The summed E-state index contributed by atoms with van der Waals surface area (Å²) in [6.07, 6.45) is 0. The van der Waals surface area contributed by atoms with Crippen LogP contribution in [0.3, 0.4) is 0 Å². The van der Waals surface area contributed by atoms with Crippen molar-refractivity contribution in [2.24, 2.45) is 0 Å². The summed E-state index contributed by atoms with van der Waals surface area (Å²) in [4.78, 5) is 2.41. The molecule has 2 rings (SSSR count). The number of nitrogens with one attached hydrogen (secondary N) is 1. The number of halogens is 1. The molecule has 1 aliphatic heterocycles. The van der Waals surface area contributed by atoms with E-state index in [4.69, 9.17) is 4.74 Å². The highest BCUT2D eigenvalue weighted by Gasteiger charge is 2.20. The minimum Gasteiger partial charge on any atom is -0.504 e. The number of hydrogen-bond acceptors (Lipinski definition) is 4. The van der Waals surface area contributed by atoms with E-state index in [0.717, 1.165) is 25.2 Å². The fourth-order valence-corrected chi connectivity index (χ4v) is 2.66. The van der Waals surface area contributed by atoms with E-state index >= 15 is 0 Å². The number of nitrogens with zero attached hydrogens (tertiary/aromatic N) is 1. The van der Waals surface area contributed by atoms with E-state index in [9.17, 15) is 5.11 Å². The zero-order chi connectivity index (χ0) is 13.1. The number of piperazine rings is 1. The Hall–Kier alpha value is -0.970. The summed E-state index contributed by atoms with van der Waals surface area (Å²) >= 11 is 0. The second-order valence-electron chi connectivity index (χ2n) is 5.17. The maximum absolute atomic E-state index is 9.77. The number of ether oxygens (including phenoxy) is 1. The predicted molar refractivity (Wildman–Crippen MR) is 79.2 cm³/mol. The Morgan fingerprint density at radius 3 is 2.47 bits per heavy atom. The van der Waals surface area contributed by atoms with Crippen LogP contribution in [0, 0.1) is 0 Å². The van der Waals surface area contributed by atoms with Gasteiger partial charge < -0.3 is 15.2 Å².